The molecule has 5 rings (SSSR count). The Morgan fingerprint density at radius 1 is 0.889 bits per heavy atom. The SMILES string of the molecule is CN1CCC(CCCc2ccccc2)CC1.O=C(O)C(C1CCCC1)N1CC[C@@H](c2ccccc2)C1. The smallest absolute Gasteiger partial charge is 0.321 e. The van der Waals surface area contributed by atoms with Crippen LogP contribution in [0.25, 0.3) is 0 Å². The molecule has 2 aromatic rings. The molecule has 1 unspecified atom stereocenters. The van der Waals surface area contributed by atoms with Gasteiger partial charge < -0.3 is 10.0 Å². The second-order valence-corrected chi connectivity index (χ2v) is 11.3. The van der Waals surface area contributed by atoms with Gasteiger partial charge in [-0.2, -0.15) is 0 Å². The lowest BCUT2D eigenvalue weighted by molar-refractivity contribution is -0.145. The third-order valence-electron chi connectivity index (χ3n) is 8.74. The molecule has 0 amide bonds. The number of aliphatic carboxylic acids is 1. The summed E-state index contributed by atoms with van der Waals surface area (Å²) in [5.74, 6) is 1.23. The number of benzene rings is 2. The highest BCUT2D eigenvalue weighted by Crippen LogP contribution is 2.35. The average Bonchev–Trinajstić information content (AvgIpc) is 3.60. The number of likely N-dealkylation sites (tertiary alicyclic amines) is 2. The zero-order valence-electron chi connectivity index (χ0n) is 22.2. The molecule has 2 aliphatic heterocycles. The van der Waals surface area contributed by atoms with Crippen LogP contribution >= 0.6 is 0 Å². The predicted molar refractivity (Wildman–Crippen MR) is 148 cm³/mol. The Kier molecular flexibility index (Phi) is 10.4. The Bertz CT molecular complexity index is 889. The third kappa shape index (κ3) is 7.91. The Balaban J connectivity index is 0.000000174. The maximum atomic E-state index is 11.7. The standard InChI is InChI=1S/C17H23NO2.C15H23N/c19-17(20)16(14-8-4-5-9-14)18-11-10-15(12-18)13-6-2-1-3-7-13;1-16-12-10-15(11-13-16)9-5-8-14-6-3-2-4-7-14/h1-3,6-7,14-16H,4-5,8-12H2,(H,19,20);2-4,6-7,15H,5,8-13H2,1H3/t15-,16?;/m1./s1. The quantitative estimate of drug-likeness (QED) is 0.460. The number of carbonyl (C=O) groups is 1. The van der Waals surface area contributed by atoms with Crippen LogP contribution in [0.5, 0.6) is 0 Å². The first-order valence-electron chi connectivity index (χ1n) is 14.3. The number of aryl methyl sites for hydroxylation is 1. The van der Waals surface area contributed by atoms with E-state index in [0.29, 0.717) is 11.8 Å². The Morgan fingerprint density at radius 3 is 2.17 bits per heavy atom. The summed E-state index contributed by atoms with van der Waals surface area (Å²) in [6.07, 6.45) is 12.5. The van der Waals surface area contributed by atoms with Gasteiger partial charge in [0.25, 0.3) is 0 Å². The van der Waals surface area contributed by atoms with Gasteiger partial charge in [-0.3, -0.25) is 9.69 Å². The summed E-state index contributed by atoms with van der Waals surface area (Å²) in [5, 5.41) is 9.61. The van der Waals surface area contributed by atoms with Gasteiger partial charge in [0.1, 0.15) is 6.04 Å². The van der Waals surface area contributed by atoms with E-state index >= 15 is 0 Å². The van der Waals surface area contributed by atoms with Crippen LogP contribution in [-0.4, -0.2) is 60.1 Å². The highest BCUT2D eigenvalue weighted by molar-refractivity contribution is 5.74. The van der Waals surface area contributed by atoms with E-state index in [4.69, 9.17) is 0 Å². The Morgan fingerprint density at radius 2 is 1.53 bits per heavy atom. The summed E-state index contributed by atoms with van der Waals surface area (Å²) in [7, 11) is 2.24. The van der Waals surface area contributed by atoms with Crippen molar-refractivity contribution in [3.05, 3.63) is 71.8 Å². The van der Waals surface area contributed by atoms with Gasteiger partial charge in [-0.15, -0.1) is 0 Å². The van der Waals surface area contributed by atoms with E-state index in [1.54, 1.807) is 0 Å². The van der Waals surface area contributed by atoms with E-state index in [0.717, 1.165) is 38.3 Å². The van der Waals surface area contributed by atoms with E-state index in [1.165, 1.54) is 69.2 Å². The van der Waals surface area contributed by atoms with E-state index < -0.39 is 5.97 Å². The van der Waals surface area contributed by atoms with Crippen LogP contribution in [-0.2, 0) is 11.2 Å². The molecule has 2 aromatic carbocycles. The summed E-state index contributed by atoms with van der Waals surface area (Å²) in [5.41, 5.74) is 2.85. The van der Waals surface area contributed by atoms with Crippen molar-refractivity contribution in [2.45, 2.75) is 76.2 Å². The molecule has 4 nitrogen and oxygen atoms in total. The number of nitrogens with zero attached hydrogens (tertiary/aromatic N) is 2. The first-order valence-corrected chi connectivity index (χ1v) is 14.3. The van der Waals surface area contributed by atoms with E-state index in [-0.39, 0.29) is 6.04 Å². The molecule has 1 aliphatic carbocycles. The number of hydrogen-bond acceptors (Lipinski definition) is 3. The van der Waals surface area contributed by atoms with Crippen LogP contribution in [0, 0.1) is 11.8 Å². The van der Waals surface area contributed by atoms with Crippen molar-refractivity contribution < 1.29 is 9.90 Å². The first-order chi connectivity index (χ1) is 17.6. The fraction of sp³-hybridized carbons (Fsp3) is 0.594. The first kappa shape index (κ1) is 26.9. The lowest BCUT2D eigenvalue weighted by Gasteiger charge is -2.29. The number of carboxylic acids is 1. The molecule has 36 heavy (non-hydrogen) atoms. The molecule has 4 heteroatoms. The summed E-state index contributed by atoms with van der Waals surface area (Å²) >= 11 is 0. The van der Waals surface area contributed by atoms with Gasteiger partial charge in [0.2, 0.25) is 0 Å². The van der Waals surface area contributed by atoms with E-state index in [1.807, 2.05) is 6.07 Å². The number of piperidine rings is 1. The zero-order chi connectivity index (χ0) is 25.2. The Hall–Kier alpha value is -2.17. The van der Waals surface area contributed by atoms with Gasteiger partial charge in [-0.05, 0) is 101 Å². The fourth-order valence-electron chi connectivity index (χ4n) is 6.56. The molecule has 0 aromatic heterocycles. The minimum Gasteiger partial charge on any atom is -0.480 e. The summed E-state index contributed by atoms with van der Waals surface area (Å²) in [6.45, 7) is 4.43. The highest BCUT2D eigenvalue weighted by Gasteiger charge is 2.38. The molecule has 2 atom stereocenters. The number of hydrogen-bond donors (Lipinski definition) is 1. The van der Waals surface area contributed by atoms with Gasteiger partial charge in [0.15, 0.2) is 0 Å². The van der Waals surface area contributed by atoms with Crippen LogP contribution in [0.3, 0.4) is 0 Å². The molecule has 196 valence electrons. The highest BCUT2D eigenvalue weighted by atomic mass is 16.4. The second kappa shape index (κ2) is 13.9. The van der Waals surface area contributed by atoms with Crippen molar-refractivity contribution in [3.8, 4) is 0 Å². The molecule has 2 saturated heterocycles. The minimum absolute atomic E-state index is 0.258. The second-order valence-electron chi connectivity index (χ2n) is 11.3. The number of carboxylic acid groups (broad SMARTS) is 1. The molecule has 1 N–H and O–H groups in total. The van der Waals surface area contributed by atoms with E-state index in [2.05, 4.69) is 71.4 Å². The molecule has 0 radical (unpaired) electrons. The van der Waals surface area contributed by atoms with Crippen molar-refractivity contribution in [2.75, 3.05) is 33.2 Å². The van der Waals surface area contributed by atoms with Crippen molar-refractivity contribution in [3.63, 3.8) is 0 Å². The summed E-state index contributed by atoms with van der Waals surface area (Å²) in [6, 6.07) is 21.1. The van der Waals surface area contributed by atoms with Gasteiger partial charge >= 0.3 is 5.97 Å². The van der Waals surface area contributed by atoms with Crippen LogP contribution in [0.4, 0.5) is 0 Å². The average molecular weight is 491 g/mol. The molecule has 0 spiro atoms. The lowest BCUT2D eigenvalue weighted by atomic mass is 9.91. The normalized spacial score (nSPS) is 22.8. The summed E-state index contributed by atoms with van der Waals surface area (Å²) < 4.78 is 0. The minimum atomic E-state index is -0.620. The lowest BCUT2D eigenvalue weighted by Crippen LogP contribution is -2.44. The van der Waals surface area contributed by atoms with Crippen LogP contribution in [0.1, 0.15) is 74.8 Å². The maximum Gasteiger partial charge on any atom is 0.321 e. The largest absolute Gasteiger partial charge is 0.480 e. The molecule has 2 heterocycles. The van der Waals surface area contributed by atoms with Crippen molar-refractivity contribution in [1.29, 1.82) is 0 Å². The van der Waals surface area contributed by atoms with Crippen LogP contribution in [0.2, 0.25) is 0 Å². The van der Waals surface area contributed by atoms with Crippen LogP contribution < -0.4 is 0 Å². The van der Waals surface area contributed by atoms with Crippen molar-refractivity contribution >= 4 is 5.97 Å². The predicted octanol–water partition coefficient (Wildman–Crippen LogP) is 6.47. The summed E-state index contributed by atoms with van der Waals surface area (Å²) in [4.78, 5) is 16.3. The molecule has 1 saturated carbocycles. The fourth-order valence-corrected chi connectivity index (χ4v) is 6.56. The van der Waals surface area contributed by atoms with Gasteiger partial charge in [-0.25, -0.2) is 0 Å². The molecular weight excluding hydrogens is 444 g/mol. The van der Waals surface area contributed by atoms with Gasteiger partial charge in [0, 0.05) is 6.54 Å². The molecule has 3 fully saturated rings. The van der Waals surface area contributed by atoms with Crippen molar-refractivity contribution in [2.24, 2.45) is 11.8 Å². The Labute approximate surface area is 218 Å². The van der Waals surface area contributed by atoms with Crippen LogP contribution in [0.15, 0.2) is 60.7 Å². The van der Waals surface area contributed by atoms with E-state index in [9.17, 15) is 9.90 Å². The van der Waals surface area contributed by atoms with Gasteiger partial charge in [0.05, 0.1) is 0 Å². The zero-order valence-corrected chi connectivity index (χ0v) is 22.2. The van der Waals surface area contributed by atoms with Crippen molar-refractivity contribution in [1.82, 2.24) is 9.80 Å². The molecular formula is C32H46N2O2. The number of rotatable bonds is 8. The maximum absolute atomic E-state index is 11.7. The van der Waals surface area contributed by atoms with Gasteiger partial charge in [-0.1, -0.05) is 79.9 Å². The molecule has 0 bridgehead atoms. The third-order valence-corrected chi connectivity index (χ3v) is 8.74. The topological polar surface area (TPSA) is 43.8 Å². The monoisotopic (exact) mass is 490 g/mol. The molecule has 3 aliphatic rings.